The van der Waals surface area contributed by atoms with Crippen LogP contribution in [0, 0.1) is 5.92 Å². The molecule has 1 atom stereocenters. The number of halogens is 1. The predicted octanol–water partition coefficient (Wildman–Crippen LogP) is 5.53. The minimum absolute atomic E-state index is 0.180. The Labute approximate surface area is 183 Å². The Hall–Kier alpha value is -2.24. The maximum Gasteiger partial charge on any atom is 0.339 e. The summed E-state index contributed by atoms with van der Waals surface area (Å²) in [5.41, 5.74) is 1.52. The van der Waals surface area contributed by atoms with Gasteiger partial charge in [0.15, 0.2) is 0 Å². The summed E-state index contributed by atoms with van der Waals surface area (Å²) < 4.78 is 0. The van der Waals surface area contributed by atoms with Crippen LogP contribution in [-0.2, 0) is 5.41 Å². The standard InChI is InChI=1S/C17H26ClN.C7H6O4/c1-13(2)12-16(19(3)4)17(10-5-11-17)14-6-8-15(18)9-7-14;8-4-1-2-6(9)5(3-4)7(10)11/h6-9,13,16H,5,10-12H2,1-4H3;1-3,8-9H,(H,10,11). The smallest absolute Gasteiger partial charge is 0.339 e. The highest BCUT2D eigenvalue weighted by atomic mass is 35.5. The zero-order valence-electron chi connectivity index (χ0n) is 18.1. The summed E-state index contributed by atoms with van der Waals surface area (Å²) in [6, 6.07) is 12.5. The van der Waals surface area contributed by atoms with E-state index in [1.165, 1.54) is 37.3 Å². The van der Waals surface area contributed by atoms with E-state index in [1.807, 2.05) is 12.1 Å². The fourth-order valence-electron chi connectivity index (χ4n) is 4.23. The van der Waals surface area contributed by atoms with Gasteiger partial charge in [-0.15, -0.1) is 0 Å². The molecule has 6 heteroatoms. The number of aromatic hydroxyl groups is 2. The van der Waals surface area contributed by atoms with Gasteiger partial charge in [-0.25, -0.2) is 4.79 Å². The molecule has 2 aromatic carbocycles. The number of carboxylic acids is 1. The lowest BCUT2D eigenvalue weighted by Gasteiger charge is -2.51. The molecular formula is C24H32ClNO4. The van der Waals surface area contributed by atoms with Crippen LogP contribution in [0.15, 0.2) is 42.5 Å². The van der Waals surface area contributed by atoms with Gasteiger partial charge in [-0.05, 0) is 75.2 Å². The minimum Gasteiger partial charge on any atom is -0.508 e. The van der Waals surface area contributed by atoms with E-state index in [-0.39, 0.29) is 17.1 Å². The lowest BCUT2D eigenvalue weighted by Crippen LogP contribution is -2.52. The maximum absolute atomic E-state index is 10.3. The van der Waals surface area contributed by atoms with E-state index in [2.05, 4.69) is 45.0 Å². The first-order valence-corrected chi connectivity index (χ1v) is 10.6. The molecule has 1 unspecified atom stereocenters. The predicted molar refractivity (Wildman–Crippen MR) is 121 cm³/mol. The molecule has 5 nitrogen and oxygen atoms in total. The van der Waals surface area contributed by atoms with Gasteiger partial charge >= 0.3 is 5.97 Å². The molecule has 0 aliphatic heterocycles. The highest BCUT2D eigenvalue weighted by molar-refractivity contribution is 6.30. The monoisotopic (exact) mass is 433 g/mol. The summed E-state index contributed by atoms with van der Waals surface area (Å²) in [4.78, 5) is 12.7. The average Bonchev–Trinajstić information content (AvgIpc) is 2.63. The molecule has 30 heavy (non-hydrogen) atoms. The third kappa shape index (κ3) is 5.67. The average molecular weight is 434 g/mol. The molecule has 1 aliphatic rings. The van der Waals surface area contributed by atoms with Crippen LogP contribution in [0.2, 0.25) is 5.02 Å². The Morgan fingerprint density at radius 3 is 2.10 bits per heavy atom. The van der Waals surface area contributed by atoms with E-state index < -0.39 is 5.97 Å². The fourth-order valence-corrected chi connectivity index (χ4v) is 4.35. The van der Waals surface area contributed by atoms with Gasteiger partial charge in [0.05, 0.1) is 0 Å². The Kier molecular flexibility index (Phi) is 8.16. The normalized spacial score (nSPS) is 15.8. The molecule has 1 saturated carbocycles. The first-order valence-electron chi connectivity index (χ1n) is 10.2. The number of likely N-dealkylation sites (N-methyl/N-ethyl adjacent to an activating group) is 1. The van der Waals surface area contributed by atoms with E-state index in [0.717, 1.165) is 23.1 Å². The van der Waals surface area contributed by atoms with Gasteiger partial charge in [0, 0.05) is 16.5 Å². The summed E-state index contributed by atoms with van der Waals surface area (Å²) in [7, 11) is 4.45. The van der Waals surface area contributed by atoms with Crippen LogP contribution in [0.3, 0.4) is 0 Å². The number of hydrogen-bond donors (Lipinski definition) is 3. The first-order chi connectivity index (χ1) is 14.1. The number of rotatable bonds is 6. The molecule has 0 amide bonds. The van der Waals surface area contributed by atoms with Crippen LogP contribution in [0.4, 0.5) is 0 Å². The molecule has 3 rings (SSSR count). The van der Waals surface area contributed by atoms with Crippen LogP contribution in [-0.4, -0.2) is 46.3 Å². The number of carbonyl (C=O) groups is 1. The molecule has 0 radical (unpaired) electrons. The van der Waals surface area contributed by atoms with Gasteiger partial charge in [0.2, 0.25) is 0 Å². The maximum atomic E-state index is 10.3. The molecule has 3 N–H and O–H groups in total. The summed E-state index contributed by atoms with van der Waals surface area (Å²) in [5, 5.41) is 27.0. The summed E-state index contributed by atoms with van der Waals surface area (Å²) in [6.07, 6.45) is 5.23. The molecule has 1 aliphatic carbocycles. The van der Waals surface area contributed by atoms with Gasteiger partial charge < -0.3 is 20.2 Å². The van der Waals surface area contributed by atoms with Crippen molar-refractivity contribution in [2.24, 2.45) is 5.92 Å². The van der Waals surface area contributed by atoms with E-state index >= 15 is 0 Å². The number of hydrogen-bond acceptors (Lipinski definition) is 4. The topological polar surface area (TPSA) is 81.0 Å². The minimum atomic E-state index is -1.27. The number of aromatic carboxylic acids is 1. The number of phenols is 2. The Balaban J connectivity index is 0.000000248. The van der Waals surface area contributed by atoms with Crippen molar-refractivity contribution in [2.45, 2.75) is 51.0 Å². The Bertz CT molecular complexity index is 845. The summed E-state index contributed by atoms with van der Waals surface area (Å²) in [5.74, 6) is -1.06. The van der Waals surface area contributed by atoms with Crippen LogP contribution in [0.1, 0.15) is 55.5 Å². The van der Waals surface area contributed by atoms with E-state index in [4.69, 9.17) is 26.9 Å². The quantitative estimate of drug-likeness (QED) is 0.521. The van der Waals surface area contributed by atoms with Crippen molar-refractivity contribution < 1.29 is 20.1 Å². The highest BCUT2D eigenvalue weighted by Crippen LogP contribution is 2.49. The third-order valence-electron chi connectivity index (χ3n) is 5.83. The second-order valence-corrected chi connectivity index (χ2v) is 9.07. The Morgan fingerprint density at radius 2 is 1.70 bits per heavy atom. The van der Waals surface area contributed by atoms with Gasteiger partial charge in [-0.2, -0.15) is 0 Å². The van der Waals surface area contributed by atoms with E-state index in [1.54, 1.807) is 0 Å². The second-order valence-electron chi connectivity index (χ2n) is 8.63. The molecule has 0 aromatic heterocycles. The number of phenolic OH excluding ortho intramolecular Hbond substituents is 1. The molecule has 2 aromatic rings. The van der Waals surface area contributed by atoms with Gasteiger partial charge in [0.1, 0.15) is 17.1 Å². The van der Waals surface area contributed by atoms with Crippen molar-refractivity contribution in [1.29, 1.82) is 0 Å². The van der Waals surface area contributed by atoms with Crippen LogP contribution < -0.4 is 0 Å². The number of nitrogens with zero attached hydrogens (tertiary/aromatic N) is 1. The van der Waals surface area contributed by atoms with Crippen molar-refractivity contribution >= 4 is 17.6 Å². The molecule has 0 heterocycles. The highest BCUT2D eigenvalue weighted by Gasteiger charge is 2.46. The van der Waals surface area contributed by atoms with Crippen LogP contribution in [0.25, 0.3) is 0 Å². The molecule has 164 valence electrons. The van der Waals surface area contributed by atoms with Crippen LogP contribution >= 0.6 is 11.6 Å². The molecular weight excluding hydrogens is 402 g/mol. The second kappa shape index (κ2) is 10.2. The van der Waals surface area contributed by atoms with E-state index in [9.17, 15) is 4.79 Å². The van der Waals surface area contributed by atoms with Gasteiger partial charge in [-0.1, -0.05) is 44.0 Å². The largest absolute Gasteiger partial charge is 0.508 e. The van der Waals surface area contributed by atoms with Crippen molar-refractivity contribution in [3.8, 4) is 11.5 Å². The van der Waals surface area contributed by atoms with Crippen molar-refractivity contribution in [2.75, 3.05) is 14.1 Å². The van der Waals surface area contributed by atoms with Crippen molar-refractivity contribution in [3.05, 3.63) is 58.6 Å². The number of benzene rings is 2. The molecule has 1 fully saturated rings. The number of carboxylic acid groups (broad SMARTS) is 1. The zero-order valence-corrected chi connectivity index (χ0v) is 18.9. The Morgan fingerprint density at radius 1 is 1.10 bits per heavy atom. The lowest BCUT2D eigenvalue weighted by molar-refractivity contribution is 0.0693. The molecule has 0 saturated heterocycles. The van der Waals surface area contributed by atoms with Gasteiger partial charge in [0.25, 0.3) is 0 Å². The SMILES string of the molecule is CC(C)CC(N(C)C)C1(c2ccc(Cl)cc2)CCC1.O=C(O)c1cc(O)ccc1O. The molecule has 0 spiro atoms. The van der Waals surface area contributed by atoms with Crippen LogP contribution in [0.5, 0.6) is 11.5 Å². The summed E-state index contributed by atoms with van der Waals surface area (Å²) >= 11 is 6.04. The first kappa shape index (κ1) is 24.0. The van der Waals surface area contributed by atoms with Gasteiger partial charge in [-0.3, -0.25) is 0 Å². The van der Waals surface area contributed by atoms with Crippen molar-refractivity contribution in [3.63, 3.8) is 0 Å². The third-order valence-corrected chi connectivity index (χ3v) is 6.08. The zero-order chi connectivity index (χ0) is 22.5. The summed E-state index contributed by atoms with van der Waals surface area (Å²) in [6.45, 7) is 4.65. The van der Waals surface area contributed by atoms with Crippen molar-refractivity contribution in [1.82, 2.24) is 4.90 Å². The molecule has 0 bridgehead atoms. The van der Waals surface area contributed by atoms with E-state index in [0.29, 0.717) is 11.5 Å². The lowest BCUT2D eigenvalue weighted by atomic mass is 9.58. The fraction of sp³-hybridized carbons (Fsp3) is 0.458.